The monoisotopic (exact) mass is 275 g/mol. The molecule has 0 aliphatic heterocycles. The summed E-state index contributed by atoms with van der Waals surface area (Å²) < 4.78 is 75.9. The zero-order valence-corrected chi connectivity index (χ0v) is 8.13. The number of aromatic nitrogens is 1. The molecule has 100 valence electrons. The zero-order valence-electron chi connectivity index (χ0n) is 8.13. The number of pyridine rings is 1. The maximum Gasteiger partial charge on any atom is 0.573 e. The third-order valence-electron chi connectivity index (χ3n) is 1.67. The van der Waals surface area contributed by atoms with Gasteiger partial charge in [-0.2, -0.15) is 13.2 Å². The fourth-order valence-electron chi connectivity index (χ4n) is 1.00. The largest absolute Gasteiger partial charge is 0.573 e. The Balaban J connectivity index is 3.45. The molecule has 1 aromatic heterocycles. The maximum atomic E-state index is 12.4. The molecule has 1 aromatic rings. The predicted octanol–water partition coefficient (Wildman–Crippen LogP) is 2.52. The van der Waals surface area contributed by atoms with E-state index in [-0.39, 0.29) is 12.5 Å². The van der Waals surface area contributed by atoms with Crippen LogP contribution < -0.4 is 4.74 Å². The first-order chi connectivity index (χ1) is 8.06. The van der Waals surface area contributed by atoms with Crippen LogP contribution in [0, 0.1) is 0 Å². The number of carbonyl (C=O) groups excluding carboxylic acids is 1. The van der Waals surface area contributed by atoms with Crippen molar-refractivity contribution in [3.05, 3.63) is 17.5 Å². The summed E-state index contributed by atoms with van der Waals surface area (Å²) in [7, 11) is 0. The van der Waals surface area contributed by atoms with E-state index < -0.39 is 35.3 Å². The summed E-state index contributed by atoms with van der Waals surface area (Å²) >= 11 is 0. The minimum absolute atomic E-state index is 0.0372. The molecular formula is C8H3F6NO3. The molecule has 18 heavy (non-hydrogen) atoms. The van der Waals surface area contributed by atoms with Crippen LogP contribution >= 0.6 is 0 Å². The Morgan fingerprint density at radius 2 is 1.78 bits per heavy atom. The first-order valence-electron chi connectivity index (χ1n) is 4.06. The number of aldehydes is 1. The van der Waals surface area contributed by atoms with Crippen LogP contribution in [-0.4, -0.2) is 22.7 Å². The van der Waals surface area contributed by atoms with Crippen molar-refractivity contribution < 1.29 is 41.0 Å². The van der Waals surface area contributed by atoms with Crippen LogP contribution in [0.4, 0.5) is 26.3 Å². The van der Waals surface area contributed by atoms with Crippen molar-refractivity contribution in [2.45, 2.75) is 12.5 Å². The van der Waals surface area contributed by atoms with Gasteiger partial charge < -0.3 is 9.84 Å². The third-order valence-corrected chi connectivity index (χ3v) is 1.67. The molecule has 10 heteroatoms. The van der Waals surface area contributed by atoms with E-state index in [0.29, 0.717) is 0 Å². The standard InChI is InChI=1S/C8H3F6NO3/c9-7(10,11)3-1-15-4(2-16)5(17)6(3)18-8(12,13)14/h1-2,17H. The lowest BCUT2D eigenvalue weighted by molar-refractivity contribution is -0.276. The molecule has 1 rings (SSSR count). The van der Waals surface area contributed by atoms with E-state index in [4.69, 9.17) is 5.11 Å². The van der Waals surface area contributed by atoms with E-state index >= 15 is 0 Å². The third kappa shape index (κ3) is 3.02. The van der Waals surface area contributed by atoms with Crippen LogP contribution in [0.1, 0.15) is 16.1 Å². The van der Waals surface area contributed by atoms with Crippen LogP contribution in [-0.2, 0) is 6.18 Å². The maximum absolute atomic E-state index is 12.4. The number of alkyl halides is 6. The second kappa shape index (κ2) is 4.35. The van der Waals surface area contributed by atoms with Gasteiger partial charge in [-0.25, -0.2) is 4.98 Å². The Morgan fingerprint density at radius 1 is 1.22 bits per heavy atom. The highest BCUT2D eigenvalue weighted by atomic mass is 19.4. The first kappa shape index (κ1) is 14.1. The highest BCUT2D eigenvalue weighted by Crippen LogP contribution is 2.43. The molecule has 0 aromatic carbocycles. The van der Waals surface area contributed by atoms with E-state index in [1.807, 2.05) is 0 Å². The van der Waals surface area contributed by atoms with Crippen LogP contribution in [0.15, 0.2) is 6.20 Å². The van der Waals surface area contributed by atoms with Crippen molar-refractivity contribution in [1.29, 1.82) is 0 Å². The lowest BCUT2D eigenvalue weighted by Crippen LogP contribution is -2.21. The quantitative estimate of drug-likeness (QED) is 0.665. The smallest absolute Gasteiger partial charge is 0.503 e. The van der Waals surface area contributed by atoms with Gasteiger partial charge in [0.1, 0.15) is 11.3 Å². The topological polar surface area (TPSA) is 59.4 Å². The van der Waals surface area contributed by atoms with E-state index in [0.717, 1.165) is 0 Å². The minimum Gasteiger partial charge on any atom is -0.503 e. The molecule has 1 N–H and O–H groups in total. The van der Waals surface area contributed by atoms with Crippen molar-refractivity contribution in [3.8, 4) is 11.5 Å². The number of halogens is 6. The summed E-state index contributed by atoms with van der Waals surface area (Å²) in [4.78, 5) is 13.1. The van der Waals surface area contributed by atoms with Crippen molar-refractivity contribution >= 4 is 6.29 Å². The average molecular weight is 275 g/mol. The number of ether oxygens (including phenoxy) is 1. The van der Waals surface area contributed by atoms with Gasteiger partial charge in [0.25, 0.3) is 0 Å². The minimum atomic E-state index is -5.46. The van der Waals surface area contributed by atoms with Crippen LogP contribution in [0.5, 0.6) is 11.5 Å². The molecule has 0 unspecified atom stereocenters. The Kier molecular flexibility index (Phi) is 3.40. The Hall–Kier alpha value is -2.00. The molecule has 0 saturated heterocycles. The molecule has 0 atom stereocenters. The molecule has 0 aliphatic carbocycles. The molecule has 0 aliphatic rings. The second-order valence-corrected chi connectivity index (χ2v) is 2.90. The van der Waals surface area contributed by atoms with E-state index in [1.165, 1.54) is 0 Å². The summed E-state index contributed by atoms with van der Waals surface area (Å²) in [6.45, 7) is 0. The van der Waals surface area contributed by atoms with Gasteiger partial charge in [0.2, 0.25) is 0 Å². The normalized spacial score (nSPS) is 12.3. The molecule has 0 saturated carbocycles. The van der Waals surface area contributed by atoms with Gasteiger partial charge in [-0.05, 0) is 0 Å². The van der Waals surface area contributed by atoms with Crippen molar-refractivity contribution in [1.82, 2.24) is 4.98 Å². The van der Waals surface area contributed by atoms with Crippen LogP contribution in [0.3, 0.4) is 0 Å². The molecule has 0 spiro atoms. The Bertz CT molecular complexity index is 467. The molecule has 0 bridgehead atoms. The van der Waals surface area contributed by atoms with Crippen LogP contribution in [0.2, 0.25) is 0 Å². The van der Waals surface area contributed by atoms with Gasteiger partial charge in [0.15, 0.2) is 17.8 Å². The Morgan fingerprint density at radius 3 is 2.17 bits per heavy atom. The number of hydrogen-bond acceptors (Lipinski definition) is 4. The highest BCUT2D eigenvalue weighted by Gasteiger charge is 2.42. The summed E-state index contributed by atoms with van der Waals surface area (Å²) in [5.74, 6) is -3.54. The fourth-order valence-corrected chi connectivity index (χ4v) is 1.00. The molecule has 0 fully saturated rings. The highest BCUT2D eigenvalue weighted by molar-refractivity contribution is 5.78. The lowest BCUT2D eigenvalue weighted by Gasteiger charge is -2.16. The number of rotatable bonds is 2. The molecule has 0 radical (unpaired) electrons. The number of hydrogen-bond donors (Lipinski definition) is 1. The summed E-state index contributed by atoms with van der Waals surface area (Å²) in [5.41, 5.74) is -2.94. The number of carbonyl (C=O) groups is 1. The molecular weight excluding hydrogens is 272 g/mol. The van der Waals surface area contributed by atoms with Crippen molar-refractivity contribution in [2.24, 2.45) is 0 Å². The number of nitrogens with zero attached hydrogens (tertiary/aromatic N) is 1. The van der Waals surface area contributed by atoms with Gasteiger partial charge in [0.05, 0.1) is 0 Å². The second-order valence-electron chi connectivity index (χ2n) is 2.90. The zero-order chi connectivity index (χ0) is 14.1. The van der Waals surface area contributed by atoms with Crippen molar-refractivity contribution in [3.63, 3.8) is 0 Å². The molecule has 0 amide bonds. The average Bonchev–Trinajstić information content (AvgIpc) is 2.17. The SMILES string of the molecule is O=Cc1ncc(C(F)(F)F)c(OC(F)(F)F)c1O. The summed E-state index contributed by atoms with van der Waals surface area (Å²) in [6, 6.07) is 0. The van der Waals surface area contributed by atoms with Crippen LogP contribution in [0.25, 0.3) is 0 Å². The lowest BCUT2D eigenvalue weighted by atomic mass is 10.2. The van der Waals surface area contributed by atoms with Crippen molar-refractivity contribution in [2.75, 3.05) is 0 Å². The summed E-state index contributed by atoms with van der Waals surface area (Å²) in [5, 5.41) is 9.08. The summed E-state index contributed by atoms with van der Waals surface area (Å²) in [6.07, 6.45) is -10.9. The Labute approximate surface area is 94.8 Å². The predicted molar refractivity (Wildman–Crippen MR) is 43.0 cm³/mol. The van der Waals surface area contributed by atoms with E-state index in [1.54, 1.807) is 0 Å². The van der Waals surface area contributed by atoms with E-state index in [2.05, 4.69) is 9.72 Å². The van der Waals surface area contributed by atoms with Gasteiger partial charge >= 0.3 is 12.5 Å². The van der Waals surface area contributed by atoms with Gasteiger partial charge in [-0.15, -0.1) is 13.2 Å². The van der Waals surface area contributed by atoms with Gasteiger partial charge in [-0.3, -0.25) is 4.79 Å². The molecule has 4 nitrogen and oxygen atoms in total. The first-order valence-corrected chi connectivity index (χ1v) is 4.06. The van der Waals surface area contributed by atoms with Gasteiger partial charge in [0, 0.05) is 6.20 Å². The van der Waals surface area contributed by atoms with E-state index in [9.17, 15) is 31.1 Å². The number of aromatic hydroxyl groups is 1. The van der Waals surface area contributed by atoms with Gasteiger partial charge in [-0.1, -0.05) is 0 Å². The molecule has 1 heterocycles. The fraction of sp³-hybridized carbons (Fsp3) is 0.250.